The molecule has 0 saturated carbocycles. The molecular formula is C27H28N3O2+. The highest BCUT2D eigenvalue weighted by Crippen LogP contribution is 2.23. The van der Waals surface area contributed by atoms with Crippen LogP contribution in [0.4, 0.5) is 5.69 Å². The van der Waals surface area contributed by atoms with Crippen LogP contribution in [0.5, 0.6) is 0 Å². The Kier molecular flexibility index (Phi) is 6.19. The minimum Gasteiger partial charge on any atom is -0.360 e. The van der Waals surface area contributed by atoms with E-state index >= 15 is 0 Å². The summed E-state index contributed by atoms with van der Waals surface area (Å²) >= 11 is 0. The van der Waals surface area contributed by atoms with Gasteiger partial charge in [-0.15, -0.1) is 0 Å². The van der Waals surface area contributed by atoms with E-state index in [1.807, 2.05) is 93.7 Å². The van der Waals surface area contributed by atoms with Gasteiger partial charge in [-0.3, -0.25) is 9.59 Å². The standard InChI is InChI=1S/C27H27N3O2/c1-18-10-9-15-23(19(18)2)29-25(31)17-30(3)26(20-11-5-4-6-12-20)27(32)22-16-28-24-14-8-7-13-21(22)24/h4-16,26,28H,17H2,1-3H3,(H,29,31)/p+1/t26-/m0/s1. The Morgan fingerprint density at radius 2 is 1.66 bits per heavy atom. The van der Waals surface area contributed by atoms with Crippen LogP contribution < -0.4 is 10.2 Å². The number of aryl methyl sites for hydroxylation is 1. The zero-order chi connectivity index (χ0) is 22.7. The third-order valence-electron chi connectivity index (χ3n) is 6.06. The molecule has 3 N–H and O–H groups in total. The maximum absolute atomic E-state index is 13.7. The number of Topliss-reactive ketones (excluding diaryl/α,β-unsaturated/α-hetero) is 1. The minimum atomic E-state index is -0.500. The molecule has 1 aromatic heterocycles. The van der Waals surface area contributed by atoms with Gasteiger partial charge < -0.3 is 15.2 Å². The van der Waals surface area contributed by atoms with E-state index in [9.17, 15) is 9.59 Å². The first-order valence-corrected chi connectivity index (χ1v) is 10.8. The van der Waals surface area contributed by atoms with E-state index in [0.717, 1.165) is 38.2 Å². The van der Waals surface area contributed by atoms with Crippen LogP contribution in [0.25, 0.3) is 10.9 Å². The first-order valence-electron chi connectivity index (χ1n) is 10.8. The smallest absolute Gasteiger partial charge is 0.279 e. The van der Waals surface area contributed by atoms with E-state index in [-0.39, 0.29) is 18.2 Å². The van der Waals surface area contributed by atoms with E-state index in [0.29, 0.717) is 5.56 Å². The Balaban J connectivity index is 1.61. The van der Waals surface area contributed by atoms with Crippen LogP contribution in [0.2, 0.25) is 0 Å². The summed E-state index contributed by atoms with van der Waals surface area (Å²) in [7, 11) is 1.90. The zero-order valence-electron chi connectivity index (χ0n) is 18.6. The van der Waals surface area contributed by atoms with Gasteiger partial charge in [-0.25, -0.2) is 0 Å². The second-order valence-electron chi connectivity index (χ2n) is 8.27. The average molecular weight is 427 g/mol. The van der Waals surface area contributed by atoms with Crippen molar-refractivity contribution < 1.29 is 14.5 Å². The van der Waals surface area contributed by atoms with Crippen LogP contribution in [-0.2, 0) is 4.79 Å². The average Bonchev–Trinajstić information content (AvgIpc) is 3.22. The third-order valence-corrected chi connectivity index (χ3v) is 6.06. The Bertz CT molecular complexity index is 1260. The number of carbonyl (C=O) groups is 2. The molecule has 5 heteroatoms. The molecule has 0 fully saturated rings. The predicted octanol–water partition coefficient (Wildman–Crippen LogP) is 3.86. The summed E-state index contributed by atoms with van der Waals surface area (Å²) in [4.78, 5) is 30.6. The number of likely N-dealkylation sites (N-methyl/N-ethyl adjacent to an activating group) is 1. The molecule has 0 aliphatic heterocycles. The van der Waals surface area contributed by atoms with Crippen molar-refractivity contribution in [1.82, 2.24) is 4.98 Å². The highest BCUT2D eigenvalue weighted by molar-refractivity contribution is 6.10. The molecule has 0 radical (unpaired) electrons. The van der Waals surface area contributed by atoms with Gasteiger partial charge in [0.25, 0.3) is 5.91 Å². The van der Waals surface area contributed by atoms with Crippen LogP contribution in [-0.4, -0.2) is 30.3 Å². The van der Waals surface area contributed by atoms with Gasteiger partial charge in [-0.05, 0) is 37.1 Å². The quantitative estimate of drug-likeness (QED) is 0.393. The number of benzene rings is 3. The summed E-state index contributed by atoms with van der Waals surface area (Å²) < 4.78 is 0. The molecule has 1 amide bonds. The summed E-state index contributed by atoms with van der Waals surface area (Å²) in [6, 6.07) is 22.8. The van der Waals surface area contributed by atoms with E-state index in [1.54, 1.807) is 6.20 Å². The number of aromatic nitrogens is 1. The van der Waals surface area contributed by atoms with Crippen molar-refractivity contribution in [2.75, 3.05) is 18.9 Å². The molecule has 162 valence electrons. The molecule has 0 aliphatic rings. The summed E-state index contributed by atoms with van der Waals surface area (Å²) in [6.07, 6.45) is 1.77. The number of hydrogen-bond acceptors (Lipinski definition) is 2. The molecule has 0 spiro atoms. The lowest BCUT2D eigenvalue weighted by molar-refractivity contribution is -0.893. The number of anilines is 1. The van der Waals surface area contributed by atoms with Gasteiger partial charge in [0.2, 0.25) is 5.78 Å². The summed E-state index contributed by atoms with van der Waals surface area (Å²) in [5.74, 6) is -0.130. The maximum Gasteiger partial charge on any atom is 0.279 e. The second-order valence-corrected chi connectivity index (χ2v) is 8.27. The Morgan fingerprint density at radius 1 is 0.938 bits per heavy atom. The number of rotatable bonds is 7. The Labute approximate surface area is 188 Å². The molecule has 0 saturated heterocycles. The number of aromatic amines is 1. The molecule has 4 rings (SSSR count). The predicted molar refractivity (Wildman–Crippen MR) is 128 cm³/mol. The second kappa shape index (κ2) is 9.20. The number of nitrogens with one attached hydrogen (secondary N) is 3. The SMILES string of the molecule is Cc1cccc(NC(=O)C[NH+](C)[C@H](C(=O)c2c[nH]c3ccccc23)c2ccccc2)c1C. The first kappa shape index (κ1) is 21.5. The van der Waals surface area contributed by atoms with Gasteiger partial charge in [0.1, 0.15) is 0 Å². The van der Waals surface area contributed by atoms with Gasteiger partial charge in [-0.1, -0.05) is 60.7 Å². The lowest BCUT2D eigenvalue weighted by Gasteiger charge is -2.24. The maximum atomic E-state index is 13.7. The van der Waals surface area contributed by atoms with Crippen molar-refractivity contribution in [2.24, 2.45) is 0 Å². The Morgan fingerprint density at radius 3 is 2.44 bits per heavy atom. The number of ketones is 1. The van der Waals surface area contributed by atoms with Crippen LogP contribution in [0, 0.1) is 13.8 Å². The van der Waals surface area contributed by atoms with Crippen molar-refractivity contribution in [3.05, 3.63) is 101 Å². The zero-order valence-corrected chi connectivity index (χ0v) is 18.6. The van der Waals surface area contributed by atoms with Crippen LogP contribution in [0.15, 0.2) is 79.0 Å². The van der Waals surface area contributed by atoms with E-state index in [1.165, 1.54) is 0 Å². The normalized spacial score (nSPS) is 13.0. The van der Waals surface area contributed by atoms with Crippen molar-refractivity contribution in [1.29, 1.82) is 0 Å². The summed E-state index contributed by atoms with van der Waals surface area (Å²) in [5.41, 5.74) is 5.44. The largest absolute Gasteiger partial charge is 0.360 e. The number of hydrogen-bond donors (Lipinski definition) is 3. The van der Waals surface area contributed by atoms with Gasteiger partial charge in [0.15, 0.2) is 12.6 Å². The summed E-state index contributed by atoms with van der Waals surface area (Å²) in [5, 5.41) is 3.91. The van der Waals surface area contributed by atoms with E-state index in [2.05, 4.69) is 10.3 Å². The van der Waals surface area contributed by atoms with Gasteiger partial charge >= 0.3 is 0 Å². The molecule has 1 heterocycles. The van der Waals surface area contributed by atoms with Crippen LogP contribution >= 0.6 is 0 Å². The Hall–Kier alpha value is -3.70. The van der Waals surface area contributed by atoms with Gasteiger partial charge in [0.05, 0.1) is 7.05 Å². The molecule has 32 heavy (non-hydrogen) atoms. The van der Waals surface area contributed by atoms with Crippen LogP contribution in [0.1, 0.15) is 33.1 Å². The van der Waals surface area contributed by atoms with Crippen molar-refractivity contribution in [3.63, 3.8) is 0 Å². The minimum absolute atomic E-state index is 0.00862. The summed E-state index contributed by atoms with van der Waals surface area (Å²) in [6.45, 7) is 4.18. The van der Waals surface area contributed by atoms with E-state index in [4.69, 9.17) is 0 Å². The van der Waals surface area contributed by atoms with Gasteiger partial charge in [0, 0.05) is 33.9 Å². The fraction of sp³-hybridized carbons (Fsp3) is 0.185. The number of amides is 1. The van der Waals surface area contributed by atoms with Crippen molar-refractivity contribution >= 4 is 28.3 Å². The highest BCUT2D eigenvalue weighted by atomic mass is 16.2. The van der Waals surface area contributed by atoms with Crippen LogP contribution in [0.3, 0.4) is 0 Å². The molecule has 4 aromatic rings. The lowest BCUT2D eigenvalue weighted by Crippen LogP contribution is -3.11. The fourth-order valence-electron chi connectivity index (χ4n) is 4.17. The molecular weight excluding hydrogens is 398 g/mol. The topological polar surface area (TPSA) is 66.4 Å². The molecule has 0 aliphatic carbocycles. The number of quaternary nitrogens is 1. The first-order chi connectivity index (χ1) is 15.5. The number of fused-ring (bicyclic) bond motifs is 1. The molecule has 2 atom stereocenters. The third kappa shape index (κ3) is 4.34. The van der Waals surface area contributed by atoms with Gasteiger partial charge in [-0.2, -0.15) is 0 Å². The van der Waals surface area contributed by atoms with E-state index < -0.39 is 6.04 Å². The highest BCUT2D eigenvalue weighted by Gasteiger charge is 2.32. The fourth-order valence-corrected chi connectivity index (χ4v) is 4.17. The molecule has 3 aromatic carbocycles. The lowest BCUT2D eigenvalue weighted by atomic mass is 9.96. The molecule has 1 unspecified atom stereocenters. The number of H-pyrrole nitrogens is 1. The number of carbonyl (C=O) groups excluding carboxylic acids is 2. The number of para-hydroxylation sites is 1. The molecule has 0 bridgehead atoms. The molecule has 5 nitrogen and oxygen atoms in total. The monoisotopic (exact) mass is 426 g/mol. The van der Waals surface area contributed by atoms with Crippen molar-refractivity contribution in [3.8, 4) is 0 Å². The van der Waals surface area contributed by atoms with Crippen molar-refractivity contribution in [2.45, 2.75) is 19.9 Å².